The highest BCUT2D eigenvalue weighted by Gasteiger charge is 2.24. The van der Waals surface area contributed by atoms with Crippen molar-refractivity contribution in [3.63, 3.8) is 0 Å². The molecule has 0 spiro atoms. The molecule has 1 atom stereocenters. The minimum absolute atomic E-state index is 0.0873. The van der Waals surface area contributed by atoms with Crippen molar-refractivity contribution in [2.75, 3.05) is 38.2 Å². The number of hydrogen-bond donors (Lipinski definition) is 2. The average Bonchev–Trinajstić information content (AvgIpc) is 2.43. The van der Waals surface area contributed by atoms with Crippen LogP contribution in [0.5, 0.6) is 0 Å². The summed E-state index contributed by atoms with van der Waals surface area (Å²) in [5.74, 6) is 0.637. The predicted molar refractivity (Wildman–Crippen MR) is 79.4 cm³/mol. The lowest BCUT2D eigenvalue weighted by molar-refractivity contribution is -0.138. The Kier molecular flexibility index (Phi) is 7.43. The summed E-state index contributed by atoms with van der Waals surface area (Å²) < 4.78 is 0. The number of carbonyl (C=O) groups is 3. The Bertz CT molecular complexity index is 363. The van der Waals surface area contributed by atoms with Gasteiger partial charge in [0.15, 0.2) is 0 Å². The number of rotatable bonds is 7. The fraction of sp³-hybridized carbons (Fsp3) is 0.769. The number of piperidine rings is 1. The molecule has 0 aromatic carbocycles. The van der Waals surface area contributed by atoms with Crippen LogP contribution < -0.4 is 10.6 Å². The highest BCUT2D eigenvalue weighted by Crippen LogP contribution is 2.16. The second-order valence-corrected chi connectivity index (χ2v) is 5.87. The van der Waals surface area contributed by atoms with Crippen molar-refractivity contribution in [3.05, 3.63) is 0 Å². The number of thioether (sulfide) groups is 1. The molecule has 2 N–H and O–H groups in total. The molecule has 0 saturated carbocycles. The van der Waals surface area contributed by atoms with E-state index >= 15 is 0 Å². The van der Waals surface area contributed by atoms with Gasteiger partial charge in [-0.2, -0.15) is 0 Å². The van der Waals surface area contributed by atoms with Crippen LogP contribution in [0.25, 0.3) is 0 Å². The predicted octanol–water partition coefficient (Wildman–Crippen LogP) is -0.160. The molecule has 1 rings (SSSR count). The third kappa shape index (κ3) is 5.81. The van der Waals surface area contributed by atoms with Gasteiger partial charge in [-0.25, -0.2) is 0 Å². The highest BCUT2D eigenvalue weighted by molar-refractivity contribution is 8.00. The van der Waals surface area contributed by atoms with E-state index in [1.54, 1.807) is 7.05 Å². The number of carbonyl (C=O) groups excluding carboxylic acids is 3. The fourth-order valence-corrected chi connectivity index (χ4v) is 2.76. The Morgan fingerprint density at radius 1 is 1.35 bits per heavy atom. The van der Waals surface area contributed by atoms with Crippen molar-refractivity contribution < 1.29 is 14.4 Å². The van der Waals surface area contributed by atoms with Gasteiger partial charge < -0.3 is 15.5 Å². The van der Waals surface area contributed by atoms with Crippen molar-refractivity contribution in [3.8, 4) is 0 Å². The molecule has 0 unspecified atom stereocenters. The zero-order valence-corrected chi connectivity index (χ0v) is 12.9. The van der Waals surface area contributed by atoms with Gasteiger partial charge in [-0.05, 0) is 12.8 Å². The molecule has 1 heterocycles. The van der Waals surface area contributed by atoms with Gasteiger partial charge in [-0.3, -0.25) is 14.4 Å². The molecule has 20 heavy (non-hydrogen) atoms. The second-order valence-electron chi connectivity index (χ2n) is 4.88. The molecule has 0 bridgehead atoms. The van der Waals surface area contributed by atoms with Crippen LogP contribution in [-0.2, 0) is 14.4 Å². The summed E-state index contributed by atoms with van der Waals surface area (Å²) in [6.45, 7) is 3.76. The molecule has 1 saturated heterocycles. The maximum Gasteiger partial charge on any atom is 0.230 e. The molecule has 0 aromatic rings. The normalized spacial score (nSPS) is 18.8. The number of nitrogens with one attached hydrogen (secondary N) is 2. The van der Waals surface area contributed by atoms with Gasteiger partial charge in [0.2, 0.25) is 17.7 Å². The van der Waals surface area contributed by atoms with Crippen molar-refractivity contribution >= 4 is 29.5 Å². The molecule has 1 aliphatic rings. The summed E-state index contributed by atoms with van der Waals surface area (Å²) in [5, 5.41) is 5.27. The standard InChI is InChI=1S/C13H23N3O3S/c1-10-4-3-6-16(13(10)19)7-5-15-12(18)9-20-8-11(17)14-2/h10H,3-9H2,1-2H3,(H,14,17)(H,15,18)/t10-/m0/s1. The van der Waals surface area contributed by atoms with E-state index in [1.165, 1.54) is 11.8 Å². The lowest BCUT2D eigenvalue weighted by Gasteiger charge is -2.30. The Morgan fingerprint density at radius 3 is 2.75 bits per heavy atom. The van der Waals surface area contributed by atoms with Crippen LogP contribution in [0, 0.1) is 5.92 Å². The smallest absolute Gasteiger partial charge is 0.230 e. The van der Waals surface area contributed by atoms with E-state index in [0.717, 1.165) is 19.4 Å². The molecule has 0 aliphatic carbocycles. The maximum atomic E-state index is 11.8. The Morgan fingerprint density at radius 2 is 2.05 bits per heavy atom. The van der Waals surface area contributed by atoms with Gasteiger partial charge in [0.25, 0.3) is 0 Å². The largest absolute Gasteiger partial charge is 0.358 e. The molecule has 0 aromatic heterocycles. The van der Waals surface area contributed by atoms with Crippen LogP contribution in [0.4, 0.5) is 0 Å². The molecule has 1 aliphatic heterocycles. The van der Waals surface area contributed by atoms with E-state index in [-0.39, 0.29) is 35.1 Å². The van der Waals surface area contributed by atoms with E-state index in [1.807, 2.05) is 11.8 Å². The van der Waals surface area contributed by atoms with Gasteiger partial charge in [0, 0.05) is 32.6 Å². The van der Waals surface area contributed by atoms with Crippen LogP contribution in [0.15, 0.2) is 0 Å². The number of hydrogen-bond acceptors (Lipinski definition) is 4. The van der Waals surface area contributed by atoms with Gasteiger partial charge in [0.05, 0.1) is 11.5 Å². The van der Waals surface area contributed by atoms with Crippen molar-refractivity contribution in [1.29, 1.82) is 0 Å². The van der Waals surface area contributed by atoms with E-state index in [0.29, 0.717) is 13.1 Å². The monoisotopic (exact) mass is 301 g/mol. The third-order valence-electron chi connectivity index (χ3n) is 3.25. The number of likely N-dealkylation sites (tertiary alicyclic amines) is 1. The first-order valence-electron chi connectivity index (χ1n) is 6.88. The van der Waals surface area contributed by atoms with Crippen molar-refractivity contribution in [2.45, 2.75) is 19.8 Å². The Labute approximate surface area is 124 Å². The van der Waals surface area contributed by atoms with Crippen LogP contribution in [-0.4, -0.2) is 60.8 Å². The van der Waals surface area contributed by atoms with Crippen LogP contribution in [0.3, 0.4) is 0 Å². The number of amides is 3. The fourth-order valence-electron chi connectivity index (χ4n) is 2.05. The average molecular weight is 301 g/mol. The molecule has 6 nitrogen and oxygen atoms in total. The maximum absolute atomic E-state index is 11.8. The van der Waals surface area contributed by atoms with E-state index in [4.69, 9.17) is 0 Å². The van der Waals surface area contributed by atoms with Crippen molar-refractivity contribution in [2.24, 2.45) is 5.92 Å². The molecular weight excluding hydrogens is 278 g/mol. The van der Waals surface area contributed by atoms with Gasteiger partial charge in [-0.15, -0.1) is 11.8 Å². The van der Waals surface area contributed by atoms with Crippen LogP contribution in [0.2, 0.25) is 0 Å². The summed E-state index contributed by atoms with van der Waals surface area (Å²) >= 11 is 1.28. The third-order valence-corrected chi connectivity index (χ3v) is 4.18. The summed E-state index contributed by atoms with van der Waals surface area (Å²) in [6, 6.07) is 0. The summed E-state index contributed by atoms with van der Waals surface area (Å²) in [6.07, 6.45) is 1.99. The topological polar surface area (TPSA) is 78.5 Å². The number of nitrogens with zero attached hydrogens (tertiary/aromatic N) is 1. The summed E-state index contributed by atoms with van der Waals surface area (Å²) in [4.78, 5) is 36.2. The Hall–Kier alpha value is -1.24. The minimum Gasteiger partial charge on any atom is -0.358 e. The van der Waals surface area contributed by atoms with Crippen LogP contribution >= 0.6 is 11.8 Å². The molecule has 0 radical (unpaired) electrons. The first-order chi connectivity index (χ1) is 9.54. The minimum atomic E-state index is -0.101. The first kappa shape index (κ1) is 16.8. The molecule has 114 valence electrons. The Balaban J connectivity index is 2.12. The molecule has 3 amide bonds. The highest BCUT2D eigenvalue weighted by atomic mass is 32.2. The quantitative estimate of drug-likeness (QED) is 0.685. The lowest BCUT2D eigenvalue weighted by Crippen LogP contribution is -2.44. The zero-order valence-electron chi connectivity index (χ0n) is 12.1. The molecule has 1 fully saturated rings. The summed E-state index contributed by atoms with van der Waals surface area (Å²) in [5.41, 5.74) is 0. The molecule has 7 heteroatoms. The van der Waals surface area contributed by atoms with Gasteiger partial charge in [0.1, 0.15) is 0 Å². The first-order valence-corrected chi connectivity index (χ1v) is 8.04. The van der Waals surface area contributed by atoms with E-state index in [2.05, 4.69) is 10.6 Å². The van der Waals surface area contributed by atoms with Gasteiger partial charge >= 0.3 is 0 Å². The van der Waals surface area contributed by atoms with E-state index in [9.17, 15) is 14.4 Å². The van der Waals surface area contributed by atoms with E-state index < -0.39 is 0 Å². The molecular formula is C13H23N3O3S. The second kappa shape index (κ2) is 8.84. The SMILES string of the molecule is CNC(=O)CSCC(=O)NCCN1CCC[C@H](C)C1=O. The summed E-state index contributed by atoms with van der Waals surface area (Å²) in [7, 11) is 1.57. The van der Waals surface area contributed by atoms with Crippen molar-refractivity contribution in [1.82, 2.24) is 15.5 Å². The zero-order chi connectivity index (χ0) is 15.0. The van der Waals surface area contributed by atoms with Gasteiger partial charge in [-0.1, -0.05) is 6.92 Å². The van der Waals surface area contributed by atoms with Crippen LogP contribution in [0.1, 0.15) is 19.8 Å². The lowest BCUT2D eigenvalue weighted by atomic mass is 9.99.